The average Bonchev–Trinajstić information content (AvgIpc) is 2.87. The van der Waals surface area contributed by atoms with Crippen molar-refractivity contribution in [3.05, 3.63) is 78.6 Å². The van der Waals surface area contributed by atoms with E-state index in [2.05, 4.69) is 14.9 Å². The van der Waals surface area contributed by atoms with Gasteiger partial charge in [-0.2, -0.15) is 0 Å². The summed E-state index contributed by atoms with van der Waals surface area (Å²) in [7, 11) is 0. The number of ether oxygens (including phenoxy) is 2. The minimum atomic E-state index is -0.599. The predicted molar refractivity (Wildman–Crippen MR) is 128 cm³/mol. The minimum absolute atomic E-state index is 0.342. The fourth-order valence-electron chi connectivity index (χ4n) is 4.22. The normalized spacial score (nSPS) is 14.4. The summed E-state index contributed by atoms with van der Waals surface area (Å²) >= 11 is 0. The summed E-state index contributed by atoms with van der Waals surface area (Å²) in [5.41, 5.74) is 3.34. The van der Waals surface area contributed by atoms with Gasteiger partial charge in [-0.1, -0.05) is 18.2 Å². The van der Waals surface area contributed by atoms with E-state index in [1.807, 2.05) is 36.4 Å². The van der Waals surface area contributed by atoms with Gasteiger partial charge in [-0.05, 0) is 42.3 Å². The third-order valence-corrected chi connectivity index (χ3v) is 5.98. The Hall–Kier alpha value is -3.42. The number of hydrogen-bond acceptors (Lipinski definition) is 5. The number of fused-ring (bicyclic) bond motifs is 1. The van der Waals surface area contributed by atoms with Gasteiger partial charge in [0.25, 0.3) is 0 Å². The molecule has 7 heteroatoms. The van der Waals surface area contributed by atoms with E-state index in [1.165, 1.54) is 18.5 Å². The molecule has 4 aromatic rings. The van der Waals surface area contributed by atoms with Gasteiger partial charge in [0.05, 0.1) is 31.0 Å². The van der Waals surface area contributed by atoms with Gasteiger partial charge < -0.3 is 9.47 Å². The van der Waals surface area contributed by atoms with Crippen LogP contribution in [0.2, 0.25) is 0 Å². The van der Waals surface area contributed by atoms with Crippen LogP contribution in [0.4, 0.5) is 8.78 Å². The number of hydrogen-bond donors (Lipinski definition) is 0. The Kier molecular flexibility index (Phi) is 6.74. The van der Waals surface area contributed by atoms with Crippen LogP contribution in [-0.4, -0.2) is 54.3 Å². The predicted octanol–water partition coefficient (Wildman–Crippen LogP) is 5.34. The highest BCUT2D eigenvalue weighted by Crippen LogP contribution is 2.31. The molecule has 0 bridgehead atoms. The molecule has 1 aliphatic rings. The van der Waals surface area contributed by atoms with Crippen molar-refractivity contribution in [2.45, 2.75) is 6.42 Å². The van der Waals surface area contributed by atoms with Crippen LogP contribution in [0.1, 0.15) is 6.42 Å². The van der Waals surface area contributed by atoms with E-state index in [0.29, 0.717) is 17.7 Å². The Bertz CT molecular complexity index is 1290. The van der Waals surface area contributed by atoms with Gasteiger partial charge >= 0.3 is 0 Å². The molecule has 1 fully saturated rings. The molecule has 0 amide bonds. The summed E-state index contributed by atoms with van der Waals surface area (Å²) in [5.74, 6) is -0.431. The van der Waals surface area contributed by atoms with Crippen LogP contribution in [0.3, 0.4) is 0 Å². The van der Waals surface area contributed by atoms with Crippen molar-refractivity contribution in [3.63, 3.8) is 0 Å². The molecule has 1 aromatic heterocycles. The van der Waals surface area contributed by atoms with Crippen LogP contribution in [0.15, 0.2) is 67.0 Å². The lowest BCUT2D eigenvalue weighted by Gasteiger charge is -2.26. The van der Waals surface area contributed by atoms with E-state index >= 15 is 0 Å². The first kappa shape index (κ1) is 22.4. The van der Waals surface area contributed by atoms with Crippen LogP contribution in [0.5, 0.6) is 5.75 Å². The third-order valence-electron chi connectivity index (χ3n) is 5.98. The summed E-state index contributed by atoms with van der Waals surface area (Å²) in [5, 5.41) is 0.875. The molecule has 34 heavy (non-hydrogen) atoms. The van der Waals surface area contributed by atoms with E-state index in [9.17, 15) is 8.78 Å². The van der Waals surface area contributed by atoms with E-state index in [-0.39, 0.29) is 0 Å². The van der Waals surface area contributed by atoms with Gasteiger partial charge in [0.15, 0.2) is 0 Å². The number of benzene rings is 3. The fraction of sp³-hybridized carbons (Fsp3) is 0.259. The first-order chi connectivity index (χ1) is 16.7. The van der Waals surface area contributed by atoms with Gasteiger partial charge in [-0.15, -0.1) is 0 Å². The van der Waals surface area contributed by atoms with Crippen LogP contribution >= 0.6 is 0 Å². The second kappa shape index (κ2) is 10.2. The number of aromatic nitrogens is 2. The molecule has 0 unspecified atom stereocenters. The first-order valence-electron chi connectivity index (χ1n) is 11.4. The molecular formula is C27H25F2N3O2. The Morgan fingerprint density at radius 3 is 2.62 bits per heavy atom. The largest absolute Gasteiger partial charge is 0.493 e. The molecular weight excluding hydrogens is 436 g/mol. The maximum Gasteiger partial charge on any atom is 0.133 e. The summed E-state index contributed by atoms with van der Waals surface area (Å²) in [6, 6.07) is 16.8. The first-order valence-corrected chi connectivity index (χ1v) is 11.4. The Morgan fingerprint density at radius 2 is 1.76 bits per heavy atom. The zero-order chi connectivity index (χ0) is 23.3. The zero-order valence-corrected chi connectivity index (χ0v) is 18.7. The topological polar surface area (TPSA) is 47.5 Å². The number of morpholine rings is 1. The molecule has 1 saturated heterocycles. The summed E-state index contributed by atoms with van der Waals surface area (Å²) in [6.07, 6.45) is 2.46. The molecule has 0 spiro atoms. The fourth-order valence-corrected chi connectivity index (χ4v) is 4.22. The maximum absolute atomic E-state index is 14.3. The molecule has 2 heterocycles. The Balaban J connectivity index is 1.33. The van der Waals surface area contributed by atoms with E-state index in [4.69, 9.17) is 9.47 Å². The molecule has 0 saturated carbocycles. The van der Waals surface area contributed by atoms with Crippen molar-refractivity contribution in [2.75, 3.05) is 39.5 Å². The third kappa shape index (κ3) is 5.05. The van der Waals surface area contributed by atoms with Gasteiger partial charge in [0, 0.05) is 48.3 Å². The number of halogens is 2. The van der Waals surface area contributed by atoms with Crippen molar-refractivity contribution in [2.24, 2.45) is 0 Å². The number of rotatable bonds is 7. The second-order valence-electron chi connectivity index (χ2n) is 8.26. The molecule has 1 aliphatic heterocycles. The van der Waals surface area contributed by atoms with E-state index in [0.717, 1.165) is 73.2 Å². The minimum Gasteiger partial charge on any atom is -0.493 e. The number of nitrogens with zero attached hydrogens (tertiary/aromatic N) is 3. The lowest BCUT2D eigenvalue weighted by Crippen LogP contribution is -2.37. The molecule has 174 valence electrons. The smallest absolute Gasteiger partial charge is 0.133 e. The molecule has 5 rings (SSSR count). The van der Waals surface area contributed by atoms with E-state index < -0.39 is 11.6 Å². The summed E-state index contributed by atoms with van der Waals surface area (Å²) < 4.78 is 39.0. The summed E-state index contributed by atoms with van der Waals surface area (Å²) in [6.45, 7) is 5.18. The zero-order valence-electron chi connectivity index (χ0n) is 18.7. The lowest BCUT2D eigenvalue weighted by molar-refractivity contribution is 0.0358. The van der Waals surface area contributed by atoms with Crippen molar-refractivity contribution < 1.29 is 18.3 Å². The molecule has 0 aliphatic carbocycles. The van der Waals surface area contributed by atoms with Gasteiger partial charge in [-0.25, -0.2) is 18.7 Å². The molecule has 0 atom stereocenters. The lowest BCUT2D eigenvalue weighted by atomic mass is 9.99. The second-order valence-corrected chi connectivity index (χ2v) is 8.26. The Morgan fingerprint density at radius 1 is 0.912 bits per heavy atom. The van der Waals surface area contributed by atoms with Gasteiger partial charge in [0.1, 0.15) is 23.7 Å². The van der Waals surface area contributed by atoms with Crippen molar-refractivity contribution in [3.8, 4) is 28.1 Å². The molecule has 0 radical (unpaired) electrons. The Labute approximate surface area is 197 Å². The molecule has 3 aromatic carbocycles. The van der Waals surface area contributed by atoms with E-state index in [1.54, 1.807) is 6.07 Å². The van der Waals surface area contributed by atoms with Crippen LogP contribution in [0, 0.1) is 11.6 Å². The summed E-state index contributed by atoms with van der Waals surface area (Å²) in [4.78, 5) is 11.3. The van der Waals surface area contributed by atoms with Gasteiger partial charge in [-0.3, -0.25) is 4.90 Å². The molecule has 0 N–H and O–H groups in total. The molecule has 5 nitrogen and oxygen atoms in total. The van der Waals surface area contributed by atoms with Crippen LogP contribution in [0.25, 0.3) is 33.3 Å². The SMILES string of the molecule is Fc1ccc(-c2cccc(-c3ncnc4cc(OCCCN5CCOCC5)ccc34)c2)c(F)c1. The quantitative estimate of drug-likeness (QED) is 0.348. The van der Waals surface area contributed by atoms with Crippen LogP contribution < -0.4 is 4.74 Å². The van der Waals surface area contributed by atoms with Gasteiger partial charge in [0.2, 0.25) is 0 Å². The standard InChI is InChI=1S/C27H25F2N3O2/c28-21-5-7-23(25(29)16-21)19-3-1-4-20(15-19)27-24-8-6-22(17-26(24)30-18-31-27)34-12-2-9-32-10-13-33-14-11-32/h1,3-8,15-18H,2,9-14H2. The maximum atomic E-state index is 14.3. The highest BCUT2D eigenvalue weighted by atomic mass is 19.1. The highest BCUT2D eigenvalue weighted by molar-refractivity contribution is 5.93. The van der Waals surface area contributed by atoms with Crippen LogP contribution in [-0.2, 0) is 4.74 Å². The van der Waals surface area contributed by atoms with Crippen molar-refractivity contribution in [1.29, 1.82) is 0 Å². The average molecular weight is 462 g/mol. The monoisotopic (exact) mass is 461 g/mol. The van der Waals surface area contributed by atoms with Crippen molar-refractivity contribution in [1.82, 2.24) is 14.9 Å². The van der Waals surface area contributed by atoms with Crippen molar-refractivity contribution >= 4 is 10.9 Å². The highest BCUT2D eigenvalue weighted by Gasteiger charge is 2.12.